The van der Waals surface area contributed by atoms with Crippen LogP contribution in [-0.2, 0) is 0 Å². The second-order valence-electron chi connectivity index (χ2n) is 4.62. The molecule has 2 rings (SSSR count). The summed E-state index contributed by atoms with van der Waals surface area (Å²) in [4.78, 5) is 0. The second-order valence-corrected chi connectivity index (χ2v) is 4.62. The van der Waals surface area contributed by atoms with Crippen LogP contribution in [0, 0.1) is 5.92 Å². The maximum atomic E-state index is 10.4. The van der Waals surface area contributed by atoms with Gasteiger partial charge in [-0.1, -0.05) is 19.1 Å². The average Bonchev–Trinajstić information content (AvgIpc) is 2.99. The lowest BCUT2D eigenvalue weighted by Gasteiger charge is -2.24. The van der Waals surface area contributed by atoms with Crippen LogP contribution in [0.3, 0.4) is 0 Å². The Morgan fingerprint density at radius 1 is 1.21 bits per heavy atom. The predicted molar refractivity (Wildman–Crippen MR) is 72.8 cm³/mol. The summed E-state index contributed by atoms with van der Waals surface area (Å²) < 4.78 is 10.4. The molecule has 4 nitrogen and oxygen atoms in total. The first-order chi connectivity index (χ1) is 9.13. The number of benzene rings is 1. The first-order valence-electron chi connectivity index (χ1n) is 6.24. The molecule has 0 amide bonds. The molecule has 1 aromatic heterocycles. The Balaban J connectivity index is 2.11. The number of aliphatic hydroxyl groups excluding tert-OH is 1. The fourth-order valence-electron chi connectivity index (χ4n) is 2.04. The van der Waals surface area contributed by atoms with Crippen LogP contribution < -0.4 is 10.5 Å². The summed E-state index contributed by atoms with van der Waals surface area (Å²) in [6, 6.07) is 10.6. The number of rotatable bonds is 5. The van der Waals surface area contributed by atoms with Gasteiger partial charge in [-0.25, -0.2) is 0 Å². The monoisotopic (exact) mass is 261 g/mol. The van der Waals surface area contributed by atoms with Crippen LogP contribution in [0.5, 0.6) is 5.75 Å². The second kappa shape index (κ2) is 5.91. The van der Waals surface area contributed by atoms with Crippen molar-refractivity contribution >= 4 is 0 Å². The number of hydrogen-bond acceptors (Lipinski definition) is 4. The van der Waals surface area contributed by atoms with Gasteiger partial charge in [-0.05, 0) is 29.8 Å². The van der Waals surface area contributed by atoms with Crippen LogP contribution >= 0.6 is 0 Å². The Hall–Kier alpha value is -1.78. The molecule has 0 unspecified atom stereocenters. The van der Waals surface area contributed by atoms with Crippen LogP contribution in [0.15, 0.2) is 47.1 Å². The molecule has 0 spiro atoms. The molecule has 0 fully saturated rings. The van der Waals surface area contributed by atoms with Gasteiger partial charge in [0.1, 0.15) is 11.5 Å². The molecule has 0 aliphatic carbocycles. The van der Waals surface area contributed by atoms with Crippen LogP contribution in [-0.4, -0.2) is 12.2 Å². The minimum atomic E-state index is -0.647. The van der Waals surface area contributed by atoms with E-state index in [1.807, 2.05) is 37.3 Å². The smallest absolute Gasteiger partial charge is 0.120 e. The van der Waals surface area contributed by atoms with Gasteiger partial charge in [0, 0.05) is 5.92 Å². The highest BCUT2D eigenvalue weighted by atomic mass is 16.5. The third kappa shape index (κ3) is 2.97. The summed E-state index contributed by atoms with van der Waals surface area (Å²) in [5.41, 5.74) is 6.91. The van der Waals surface area contributed by atoms with E-state index in [2.05, 4.69) is 0 Å². The SMILES string of the molecule is COc1ccc([C@@H](O)[C@@H](C)[C@H](N)c2ccco2)cc1. The first-order valence-corrected chi connectivity index (χ1v) is 6.24. The molecule has 0 radical (unpaired) electrons. The van der Waals surface area contributed by atoms with Gasteiger partial charge >= 0.3 is 0 Å². The number of furan rings is 1. The van der Waals surface area contributed by atoms with Crippen LogP contribution in [0.4, 0.5) is 0 Å². The Labute approximate surface area is 112 Å². The van der Waals surface area contributed by atoms with Gasteiger partial charge in [0.2, 0.25) is 0 Å². The molecular formula is C15H19NO3. The van der Waals surface area contributed by atoms with E-state index in [1.165, 1.54) is 0 Å². The summed E-state index contributed by atoms with van der Waals surface area (Å²) in [6.45, 7) is 1.90. The third-order valence-electron chi connectivity index (χ3n) is 3.39. The minimum Gasteiger partial charge on any atom is -0.497 e. The minimum absolute atomic E-state index is 0.153. The first kappa shape index (κ1) is 13.6. The van der Waals surface area contributed by atoms with Crippen molar-refractivity contribution in [3.8, 4) is 5.75 Å². The maximum Gasteiger partial charge on any atom is 0.120 e. The molecule has 0 saturated heterocycles. The van der Waals surface area contributed by atoms with E-state index >= 15 is 0 Å². The van der Waals surface area contributed by atoms with E-state index in [4.69, 9.17) is 14.9 Å². The van der Waals surface area contributed by atoms with E-state index < -0.39 is 6.10 Å². The summed E-state index contributed by atoms with van der Waals surface area (Å²) in [7, 11) is 1.61. The highest BCUT2D eigenvalue weighted by Crippen LogP contribution is 2.31. The molecule has 0 aliphatic heterocycles. The Bertz CT molecular complexity index is 493. The van der Waals surface area contributed by atoms with Gasteiger partial charge in [-0.2, -0.15) is 0 Å². The Kier molecular flexibility index (Phi) is 4.24. The van der Waals surface area contributed by atoms with E-state index in [0.717, 1.165) is 11.3 Å². The summed E-state index contributed by atoms with van der Waals surface area (Å²) in [6.07, 6.45) is 0.938. The Morgan fingerprint density at radius 3 is 2.42 bits per heavy atom. The lowest BCUT2D eigenvalue weighted by atomic mass is 9.90. The van der Waals surface area contributed by atoms with Crippen molar-refractivity contribution in [1.82, 2.24) is 0 Å². The van der Waals surface area contributed by atoms with Crippen molar-refractivity contribution in [2.45, 2.75) is 19.1 Å². The zero-order chi connectivity index (χ0) is 13.8. The summed E-state index contributed by atoms with van der Waals surface area (Å²) >= 11 is 0. The largest absolute Gasteiger partial charge is 0.497 e. The Morgan fingerprint density at radius 2 is 1.89 bits per heavy atom. The maximum absolute atomic E-state index is 10.4. The fourth-order valence-corrected chi connectivity index (χ4v) is 2.04. The molecule has 2 aromatic rings. The molecule has 1 heterocycles. The molecule has 0 bridgehead atoms. The fraction of sp³-hybridized carbons (Fsp3) is 0.333. The highest BCUT2D eigenvalue weighted by Gasteiger charge is 2.25. The van der Waals surface area contributed by atoms with E-state index in [0.29, 0.717) is 5.76 Å². The molecule has 3 N–H and O–H groups in total. The number of nitrogens with two attached hydrogens (primary N) is 1. The van der Waals surface area contributed by atoms with Gasteiger partial charge < -0.3 is 20.0 Å². The topological polar surface area (TPSA) is 68.6 Å². The number of aliphatic hydroxyl groups is 1. The molecule has 0 saturated carbocycles. The van der Waals surface area contributed by atoms with Crippen molar-refractivity contribution in [3.05, 3.63) is 54.0 Å². The zero-order valence-electron chi connectivity index (χ0n) is 11.1. The molecule has 102 valence electrons. The van der Waals surface area contributed by atoms with Gasteiger partial charge in [0.05, 0.1) is 25.5 Å². The average molecular weight is 261 g/mol. The van der Waals surface area contributed by atoms with E-state index in [9.17, 15) is 5.11 Å². The number of methoxy groups -OCH3 is 1. The van der Waals surface area contributed by atoms with Gasteiger partial charge in [0.25, 0.3) is 0 Å². The van der Waals surface area contributed by atoms with Crippen molar-refractivity contribution < 1.29 is 14.3 Å². The van der Waals surface area contributed by atoms with Crippen molar-refractivity contribution in [2.75, 3.05) is 7.11 Å². The van der Waals surface area contributed by atoms with Crippen LogP contribution in [0.25, 0.3) is 0 Å². The highest BCUT2D eigenvalue weighted by molar-refractivity contribution is 5.29. The predicted octanol–water partition coefficient (Wildman–Crippen LogP) is 2.66. The number of ether oxygens (including phenoxy) is 1. The van der Waals surface area contributed by atoms with E-state index in [-0.39, 0.29) is 12.0 Å². The van der Waals surface area contributed by atoms with Gasteiger partial charge in [-0.15, -0.1) is 0 Å². The van der Waals surface area contributed by atoms with Crippen LogP contribution in [0.1, 0.15) is 30.4 Å². The quantitative estimate of drug-likeness (QED) is 0.868. The molecule has 1 aromatic carbocycles. The molecule has 4 heteroatoms. The van der Waals surface area contributed by atoms with E-state index in [1.54, 1.807) is 19.4 Å². The van der Waals surface area contributed by atoms with Crippen molar-refractivity contribution in [1.29, 1.82) is 0 Å². The molecule has 0 aliphatic rings. The van der Waals surface area contributed by atoms with Gasteiger partial charge in [0.15, 0.2) is 0 Å². The van der Waals surface area contributed by atoms with Crippen molar-refractivity contribution in [2.24, 2.45) is 11.7 Å². The third-order valence-corrected chi connectivity index (χ3v) is 3.39. The lowest BCUT2D eigenvalue weighted by molar-refractivity contribution is 0.0977. The summed E-state index contributed by atoms with van der Waals surface area (Å²) in [5.74, 6) is 1.29. The van der Waals surface area contributed by atoms with Gasteiger partial charge in [-0.3, -0.25) is 0 Å². The molecule has 3 atom stereocenters. The van der Waals surface area contributed by atoms with Crippen LogP contribution in [0.2, 0.25) is 0 Å². The number of hydrogen-bond donors (Lipinski definition) is 2. The lowest BCUT2D eigenvalue weighted by Crippen LogP contribution is -2.24. The molecular weight excluding hydrogens is 242 g/mol. The summed E-state index contributed by atoms with van der Waals surface area (Å²) in [5, 5.41) is 10.4. The zero-order valence-corrected chi connectivity index (χ0v) is 11.1. The molecule has 19 heavy (non-hydrogen) atoms. The standard InChI is InChI=1S/C15H19NO3/c1-10(14(16)13-4-3-9-19-13)15(17)11-5-7-12(18-2)8-6-11/h3-10,14-15,17H,16H2,1-2H3/t10-,14-,15-/m0/s1. The normalized spacial score (nSPS) is 15.8. The van der Waals surface area contributed by atoms with Crippen molar-refractivity contribution in [3.63, 3.8) is 0 Å².